The molecule has 2 aliphatic rings. The summed E-state index contributed by atoms with van der Waals surface area (Å²) < 4.78 is 0. The van der Waals surface area contributed by atoms with Crippen LogP contribution >= 0.6 is 0 Å². The van der Waals surface area contributed by atoms with Gasteiger partial charge in [-0.05, 0) is 37.8 Å². The van der Waals surface area contributed by atoms with Gasteiger partial charge in [-0.3, -0.25) is 4.79 Å². The second-order valence-corrected chi connectivity index (χ2v) is 6.85. The third-order valence-corrected chi connectivity index (χ3v) is 5.57. The Labute approximate surface area is 130 Å². The summed E-state index contributed by atoms with van der Waals surface area (Å²) in [7, 11) is 0. The zero-order valence-electron chi connectivity index (χ0n) is 12.7. The van der Waals surface area contributed by atoms with E-state index in [0.29, 0.717) is 6.54 Å². The van der Waals surface area contributed by atoms with Crippen molar-refractivity contribution in [3.8, 4) is 0 Å². The highest BCUT2D eigenvalue weighted by atomic mass is 16.3. The van der Waals surface area contributed by atoms with Crippen molar-refractivity contribution in [2.45, 2.75) is 38.2 Å². The minimum absolute atomic E-state index is 0.0580. The van der Waals surface area contributed by atoms with E-state index in [4.69, 9.17) is 0 Å². The Balaban J connectivity index is 1.64. The number of aromatic nitrogens is 1. The molecule has 1 aliphatic heterocycles. The molecule has 0 bridgehead atoms. The van der Waals surface area contributed by atoms with Crippen molar-refractivity contribution in [2.24, 2.45) is 5.41 Å². The van der Waals surface area contributed by atoms with Crippen LogP contribution < -0.4 is 0 Å². The van der Waals surface area contributed by atoms with Gasteiger partial charge in [-0.1, -0.05) is 18.6 Å². The molecule has 4 heteroatoms. The Kier molecular flexibility index (Phi) is 3.22. The van der Waals surface area contributed by atoms with E-state index in [-0.39, 0.29) is 17.4 Å². The van der Waals surface area contributed by atoms with E-state index in [1.54, 1.807) is 0 Å². The molecule has 1 amide bonds. The molecule has 2 heterocycles. The topological polar surface area (TPSA) is 56.3 Å². The minimum Gasteiger partial charge on any atom is -0.392 e. The number of nitrogens with one attached hydrogen (secondary N) is 1. The normalized spacial score (nSPS) is 28.6. The van der Waals surface area contributed by atoms with Crippen LogP contribution in [0.3, 0.4) is 0 Å². The Bertz CT molecular complexity index is 708. The largest absolute Gasteiger partial charge is 0.392 e. The number of nitrogens with zero attached hydrogens (tertiary/aromatic N) is 1. The molecule has 2 aromatic rings. The summed E-state index contributed by atoms with van der Waals surface area (Å²) in [6.07, 6.45) is 6.67. The van der Waals surface area contributed by atoms with E-state index in [2.05, 4.69) is 4.98 Å². The average Bonchev–Trinajstić information content (AvgIpc) is 3.14. The van der Waals surface area contributed by atoms with Crippen molar-refractivity contribution in [2.75, 3.05) is 13.1 Å². The molecule has 0 unspecified atom stereocenters. The molecule has 4 rings (SSSR count). The molecular formula is C18H22N2O2. The van der Waals surface area contributed by atoms with Gasteiger partial charge in [0.25, 0.3) is 5.91 Å². The van der Waals surface area contributed by atoms with Crippen LogP contribution in [0.2, 0.25) is 0 Å². The number of H-pyrrole nitrogens is 1. The van der Waals surface area contributed by atoms with Crippen LogP contribution in [0.1, 0.15) is 42.5 Å². The number of aliphatic hydroxyl groups is 1. The van der Waals surface area contributed by atoms with Crippen LogP contribution in [0.4, 0.5) is 0 Å². The molecule has 116 valence electrons. The summed E-state index contributed by atoms with van der Waals surface area (Å²) in [5.74, 6) is 0.0891. The molecule has 4 nitrogen and oxygen atoms in total. The van der Waals surface area contributed by atoms with Gasteiger partial charge in [0.1, 0.15) is 0 Å². The lowest BCUT2D eigenvalue weighted by Crippen LogP contribution is -2.49. The molecule has 1 saturated heterocycles. The van der Waals surface area contributed by atoms with Gasteiger partial charge in [0.05, 0.1) is 17.2 Å². The standard InChI is InChI=1S/C18H22N2O2/c21-15-6-2-8-18(15)9-3-11-20(12-18)17(22)14-5-1-4-13-7-10-19-16(13)14/h1,4-5,7,10,15,19,21H,2-3,6,8-9,11-12H2/t15-,18+/m1/s1. The third-order valence-electron chi connectivity index (χ3n) is 5.57. The van der Waals surface area contributed by atoms with Crippen LogP contribution in [-0.4, -0.2) is 40.1 Å². The van der Waals surface area contributed by atoms with Crippen molar-refractivity contribution in [1.82, 2.24) is 9.88 Å². The zero-order chi connectivity index (χ0) is 15.2. The Morgan fingerprint density at radius 1 is 1.27 bits per heavy atom. The van der Waals surface area contributed by atoms with E-state index in [9.17, 15) is 9.90 Å². The maximum Gasteiger partial charge on any atom is 0.256 e. The van der Waals surface area contributed by atoms with Crippen LogP contribution in [0.25, 0.3) is 10.9 Å². The van der Waals surface area contributed by atoms with E-state index in [0.717, 1.165) is 55.1 Å². The SMILES string of the molecule is O=C(c1cccc2cc[nH]c12)N1CCC[C@@]2(CCC[C@H]2O)C1. The monoisotopic (exact) mass is 298 g/mol. The highest BCUT2D eigenvalue weighted by molar-refractivity contribution is 6.05. The fourth-order valence-electron chi connectivity index (χ4n) is 4.36. The van der Waals surface area contributed by atoms with E-state index in [1.807, 2.05) is 35.4 Å². The summed E-state index contributed by atoms with van der Waals surface area (Å²) in [6, 6.07) is 7.84. The lowest BCUT2D eigenvalue weighted by molar-refractivity contribution is -0.00529. The first-order chi connectivity index (χ1) is 10.7. The number of fused-ring (bicyclic) bond motifs is 1. The summed E-state index contributed by atoms with van der Waals surface area (Å²) in [4.78, 5) is 18.1. The lowest BCUT2D eigenvalue weighted by Gasteiger charge is -2.42. The van der Waals surface area contributed by atoms with Crippen molar-refractivity contribution in [1.29, 1.82) is 0 Å². The maximum atomic E-state index is 13.0. The third kappa shape index (κ3) is 2.05. The van der Waals surface area contributed by atoms with Gasteiger partial charge in [-0.15, -0.1) is 0 Å². The van der Waals surface area contributed by atoms with Crippen molar-refractivity contribution >= 4 is 16.8 Å². The zero-order valence-corrected chi connectivity index (χ0v) is 12.7. The summed E-state index contributed by atoms with van der Waals surface area (Å²) in [5.41, 5.74) is 1.60. The lowest BCUT2D eigenvalue weighted by atomic mass is 9.76. The summed E-state index contributed by atoms with van der Waals surface area (Å²) in [6.45, 7) is 1.49. The number of hydrogen-bond donors (Lipinski definition) is 2. The van der Waals surface area contributed by atoms with Crippen molar-refractivity contribution < 1.29 is 9.90 Å². The quantitative estimate of drug-likeness (QED) is 0.850. The first-order valence-electron chi connectivity index (χ1n) is 8.23. The second-order valence-electron chi connectivity index (χ2n) is 6.85. The number of rotatable bonds is 1. The molecule has 1 spiro atoms. The molecule has 22 heavy (non-hydrogen) atoms. The number of hydrogen-bond acceptors (Lipinski definition) is 2. The minimum atomic E-state index is -0.246. The molecule has 2 fully saturated rings. The Morgan fingerprint density at radius 3 is 2.95 bits per heavy atom. The van der Waals surface area contributed by atoms with Crippen molar-refractivity contribution in [3.05, 3.63) is 36.0 Å². The van der Waals surface area contributed by atoms with Crippen LogP contribution in [0.5, 0.6) is 0 Å². The molecule has 1 aromatic heterocycles. The molecule has 2 atom stereocenters. The number of piperidine rings is 1. The fraction of sp³-hybridized carbons (Fsp3) is 0.500. The molecule has 2 N–H and O–H groups in total. The number of carbonyl (C=O) groups is 1. The molecular weight excluding hydrogens is 276 g/mol. The molecule has 0 radical (unpaired) electrons. The summed E-state index contributed by atoms with van der Waals surface area (Å²) in [5, 5.41) is 11.4. The number of amides is 1. The van der Waals surface area contributed by atoms with Gasteiger partial charge < -0.3 is 15.0 Å². The predicted octanol–water partition coefficient (Wildman–Crippen LogP) is 2.94. The highest BCUT2D eigenvalue weighted by Crippen LogP contribution is 2.45. The van der Waals surface area contributed by atoms with Gasteiger partial charge in [-0.25, -0.2) is 0 Å². The number of aromatic amines is 1. The van der Waals surface area contributed by atoms with E-state index >= 15 is 0 Å². The van der Waals surface area contributed by atoms with Crippen LogP contribution in [0.15, 0.2) is 30.5 Å². The molecule has 1 aromatic carbocycles. The first-order valence-corrected chi connectivity index (χ1v) is 8.23. The van der Waals surface area contributed by atoms with Gasteiger partial charge in [0.2, 0.25) is 0 Å². The number of benzene rings is 1. The number of aliphatic hydroxyl groups excluding tert-OH is 1. The van der Waals surface area contributed by atoms with E-state index in [1.165, 1.54) is 0 Å². The smallest absolute Gasteiger partial charge is 0.256 e. The van der Waals surface area contributed by atoms with Crippen molar-refractivity contribution in [3.63, 3.8) is 0 Å². The summed E-state index contributed by atoms with van der Waals surface area (Å²) >= 11 is 0. The van der Waals surface area contributed by atoms with E-state index < -0.39 is 0 Å². The second kappa shape index (κ2) is 5.13. The van der Waals surface area contributed by atoms with Gasteiger partial charge in [0.15, 0.2) is 0 Å². The Morgan fingerprint density at radius 2 is 2.14 bits per heavy atom. The van der Waals surface area contributed by atoms with Crippen LogP contribution in [0, 0.1) is 5.41 Å². The molecule has 1 saturated carbocycles. The first kappa shape index (κ1) is 13.8. The highest BCUT2D eigenvalue weighted by Gasteiger charge is 2.45. The van der Waals surface area contributed by atoms with Gasteiger partial charge >= 0.3 is 0 Å². The average molecular weight is 298 g/mol. The number of carbonyl (C=O) groups excluding carboxylic acids is 1. The number of para-hydroxylation sites is 1. The molecule has 1 aliphatic carbocycles. The fourth-order valence-corrected chi connectivity index (χ4v) is 4.36. The van der Waals surface area contributed by atoms with Crippen LogP contribution in [-0.2, 0) is 0 Å². The maximum absolute atomic E-state index is 13.0. The Hall–Kier alpha value is -1.81. The van der Waals surface area contributed by atoms with Gasteiger partial charge in [-0.2, -0.15) is 0 Å². The predicted molar refractivity (Wildman–Crippen MR) is 85.7 cm³/mol. The van der Waals surface area contributed by atoms with Gasteiger partial charge in [0, 0.05) is 30.1 Å². The number of likely N-dealkylation sites (tertiary alicyclic amines) is 1.